The number of hydrogen-bond donors (Lipinski definition) is 1. The minimum Gasteiger partial charge on any atom is -0.329 e. The number of halogens is 1. The van der Waals surface area contributed by atoms with Gasteiger partial charge in [-0.05, 0) is 63.5 Å². The van der Waals surface area contributed by atoms with Crippen LogP contribution in [0.2, 0.25) is 5.02 Å². The van der Waals surface area contributed by atoms with E-state index >= 15 is 0 Å². The van der Waals surface area contributed by atoms with E-state index in [-0.39, 0.29) is 11.8 Å². The molecule has 0 aromatic heterocycles. The molecule has 0 bridgehead atoms. The summed E-state index contributed by atoms with van der Waals surface area (Å²) in [4.78, 5) is 28.2. The molecule has 1 aromatic carbocycles. The monoisotopic (exact) mass is 358 g/mol. The fourth-order valence-electron chi connectivity index (χ4n) is 4.54. The van der Waals surface area contributed by atoms with Crippen molar-refractivity contribution in [1.82, 2.24) is 10.2 Å². The van der Waals surface area contributed by atoms with Crippen LogP contribution in [0.1, 0.15) is 68.1 Å². The van der Waals surface area contributed by atoms with Gasteiger partial charge in [0.05, 0.1) is 10.6 Å². The van der Waals surface area contributed by atoms with Crippen LogP contribution in [-0.4, -0.2) is 22.4 Å². The molecule has 0 atom stereocenters. The van der Waals surface area contributed by atoms with Crippen molar-refractivity contribution in [2.45, 2.75) is 63.5 Å². The Labute approximate surface area is 153 Å². The Morgan fingerprint density at radius 3 is 2.52 bits per heavy atom. The summed E-state index contributed by atoms with van der Waals surface area (Å²) in [5, 5.41) is 3.68. The largest absolute Gasteiger partial charge is 0.329 e. The highest BCUT2D eigenvalue weighted by Gasteiger charge is 2.49. The zero-order chi connectivity index (χ0) is 17.4. The molecule has 1 N–H and O–H groups in total. The maximum atomic E-state index is 13.5. The fourth-order valence-corrected chi connectivity index (χ4v) is 4.76. The lowest BCUT2D eigenvalue weighted by Crippen LogP contribution is -2.66. The molecule has 1 heterocycles. The Kier molecular flexibility index (Phi) is 4.32. The number of nitrogens with one attached hydrogen (secondary N) is 1. The Hall–Kier alpha value is -1.81. The number of carbonyl (C=O) groups is 2. The minimum absolute atomic E-state index is 0.0276. The van der Waals surface area contributed by atoms with E-state index in [2.05, 4.69) is 5.32 Å². The molecule has 2 amide bonds. The lowest BCUT2D eigenvalue weighted by molar-refractivity contribution is -0.124. The quantitative estimate of drug-likeness (QED) is 0.808. The molecule has 132 valence electrons. The zero-order valence-electron chi connectivity index (χ0n) is 14.3. The highest BCUT2D eigenvalue weighted by Crippen LogP contribution is 2.43. The van der Waals surface area contributed by atoms with Crippen LogP contribution >= 0.6 is 11.6 Å². The van der Waals surface area contributed by atoms with Crippen LogP contribution in [0.3, 0.4) is 0 Å². The van der Waals surface area contributed by atoms with E-state index < -0.39 is 5.66 Å². The molecule has 0 radical (unpaired) electrons. The molecule has 0 saturated heterocycles. The Balaban J connectivity index is 1.84. The SMILES string of the molecule is O=C1NC2(CCCCC2)N(C(=O)c2ccccc2Cl)C2=C1CCCC2. The molecular weight excluding hydrogens is 336 g/mol. The fraction of sp³-hybridized carbons (Fsp3) is 0.500. The van der Waals surface area contributed by atoms with Crippen molar-refractivity contribution >= 4 is 23.4 Å². The molecule has 1 aliphatic heterocycles. The first-order valence-electron chi connectivity index (χ1n) is 9.26. The highest BCUT2D eigenvalue weighted by molar-refractivity contribution is 6.33. The predicted octanol–water partition coefficient (Wildman–Crippen LogP) is 4.40. The molecule has 4 nitrogen and oxygen atoms in total. The summed E-state index contributed by atoms with van der Waals surface area (Å²) in [6.07, 6.45) is 8.39. The molecule has 0 unspecified atom stereocenters. The average Bonchev–Trinajstić information content (AvgIpc) is 2.63. The third-order valence-corrected chi connectivity index (χ3v) is 6.07. The van der Waals surface area contributed by atoms with Crippen LogP contribution in [0.25, 0.3) is 0 Å². The molecule has 1 aromatic rings. The van der Waals surface area contributed by atoms with E-state index in [4.69, 9.17) is 11.6 Å². The number of nitrogens with zero attached hydrogens (tertiary/aromatic N) is 1. The van der Waals surface area contributed by atoms with Crippen molar-refractivity contribution in [3.63, 3.8) is 0 Å². The van der Waals surface area contributed by atoms with Crippen molar-refractivity contribution in [1.29, 1.82) is 0 Å². The Bertz CT molecular complexity index is 750. The van der Waals surface area contributed by atoms with Crippen molar-refractivity contribution in [3.05, 3.63) is 46.1 Å². The van der Waals surface area contributed by atoms with E-state index in [9.17, 15) is 9.59 Å². The van der Waals surface area contributed by atoms with Crippen molar-refractivity contribution in [2.24, 2.45) is 0 Å². The minimum atomic E-state index is -0.582. The van der Waals surface area contributed by atoms with Crippen molar-refractivity contribution < 1.29 is 9.59 Å². The molecule has 1 spiro atoms. The van der Waals surface area contributed by atoms with E-state index in [1.54, 1.807) is 12.1 Å². The summed E-state index contributed by atoms with van der Waals surface area (Å²) in [7, 11) is 0. The average molecular weight is 359 g/mol. The third-order valence-electron chi connectivity index (χ3n) is 5.75. The lowest BCUT2D eigenvalue weighted by Gasteiger charge is -2.51. The molecular formula is C20H23ClN2O2. The van der Waals surface area contributed by atoms with Gasteiger partial charge in [0, 0.05) is 11.3 Å². The maximum absolute atomic E-state index is 13.5. The summed E-state index contributed by atoms with van der Waals surface area (Å²) in [6, 6.07) is 7.20. The smallest absolute Gasteiger partial charge is 0.261 e. The van der Waals surface area contributed by atoms with E-state index in [0.29, 0.717) is 10.6 Å². The first kappa shape index (κ1) is 16.6. The topological polar surface area (TPSA) is 49.4 Å². The molecule has 3 aliphatic rings. The maximum Gasteiger partial charge on any atom is 0.261 e. The third kappa shape index (κ3) is 2.77. The number of hydrogen-bond acceptors (Lipinski definition) is 2. The number of amides is 2. The second kappa shape index (κ2) is 6.49. The molecule has 1 saturated carbocycles. The number of benzene rings is 1. The first-order chi connectivity index (χ1) is 12.1. The second-order valence-corrected chi connectivity index (χ2v) is 7.71. The van der Waals surface area contributed by atoms with Gasteiger partial charge in [0.25, 0.3) is 11.8 Å². The van der Waals surface area contributed by atoms with E-state index in [1.165, 1.54) is 0 Å². The van der Waals surface area contributed by atoms with E-state index in [0.717, 1.165) is 69.1 Å². The van der Waals surface area contributed by atoms with Crippen molar-refractivity contribution in [2.75, 3.05) is 0 Å². The Morgan fingerprint density at radius 1 is 1.04 bits per heavy atom. The van der Waals surface area contributed by atoms with Gasteiger partial charge in [-0.3, -0.25) is 14.5 Å². The summed E-state index contributed by atoms with van der Waals surface area (Å²) >= 11 is 6.32. The normalized spacial score (nSPS) is 22.6. The van der Waals surface area contributed by atoms with Gasteiger partial charge in [0.1, 0.15) is 5.66 Å². The van der Waals surface area contributed by atoms with E-state index in [1.807, 2.05) is 17.0 Å². The van der Waals surface area contributed by atoms with Gasteiger partial charge in [-0.15, -0.1) is 0 Å². The molecule has 4 rings (SSSR count). The van der Waals surface area contributed by atoms with Gasteiger partial charge in [0.15, 0.2) is 0 Å². The van der Waals surface area contributed by atoms with Crippen LogP contribution in [0.5, 0.6) is 0 Å². The van der Waals surface area contributed by atoms with Crippen LogP contribution in [0.4, 0.5) is 0 Å². The number of allylic oxidation sites excluding steroid dienone is 1. The van der Waals surface area contributed by atoms with Gasteiger partial charge in [0.2, 0.25) is 0 Å². The molecule has 1 fully saturated rings. The molecule has 2 aliphatic carbocycles. The summed E-state index contributed by atoms with van der Waals surface area (Å²) in [5.74, 6) is -0.0540. The van der Waals surface area contributed by atoms with Gasteiger partial charge >= 0.3 is 0 Å². The molecule has 25 heavy (non-hydrogen) atoms. The first-order valence-corrected chi connectivity index (χ1v) is 9.64. The summed E-state index contributed by atoms with van der Waals surface area (Å²) in [6.45, 7) is 0. The summed E-state index contributed by atoms with van der Waals surface area (Å²) in [5.41, 5.74) is 1.66. The predicted molar refractivity (Wildman–Crippen MR) is 97.1 cm³/mol. The van der Waals surface area contributed by atoms with Crippen LogP contribution in [0, 0.1) is 0 Å². The lowest BCUT2D eigenvalue weighted by atomic mass is 9.81. The van der Waals surface area contributed by atoms with Gasteiger partial charge in [-0.25, -0.2) is 0 Å². The van der Waals surface area contributed by atoms with Gasteiger partial charge < -0.3 is 5.32 Å². The highest BCUT2D eigenvalue weighted by atomic mass is 35.5. The summed E-state index contributed by atoms with van der Waals surface area (Å²) < 4.78 is 0. The van der Waals surface area contributed by atoms with Crippen LogP contribution in [0.15, 0.2) is 35.5 Å². The number of carbonyl (C=O) groups excluding carboxylic acids is 2. The number of rotatable bonds is 1. The van der Waals surface area contributed by atoms with Gasteiger partial charge in [-0.2, -0.15) is 0 Å². The van der Waals surface area contributed by atoms with Crippen molar-refractivity contribution in [3.8, 4) is 0 Å². The second-order valence-electron chi connectivity index (χ2n) is 7.30. The standard InChI is InChI=1S/C20H23ClN2O2/c21-16-10-4-2-8-14(16)19(25)23-17-11-5-3-9-15(17)18(24)22-20(23)12-6-1-7-13-20/h2,4,8,10H,1,3,5-7,9,11-13H2,(H,22,24). The van der Waals surface area contributed by atoms with Gasteiger partial charge in [-0.1, -0.05) is 30.2 Å². The van der Waals surface area contributed by atoms with Crippen LogP contribution < -0.4 is 5.32 Å². The van der Waals surface area contributed by atoms with Crippen LogP contribution in [-0.2, 0) is 4.79 Å². The zero-order valence-corrected chi connectivity index (χ0v) is 15.1. The molecule has 5 heteroatoms. The Morgan fingerprint density at radius 2 is 1.76 bits per heavy atom.